The minimum absolute atomic E-state index is 0.544. The maximum Gasteiger partial charge on any atom is 0.161 e. The lowest BCUT2D eigenvalue weighted by atomic mass is 10.2. The SMILES string of the molecule is CCOc1cc(CNC)ccc1OCc1ccc(I)cc1. The van der Waals surface area contributed by atoms with Gasteiger partial charge in [-0.05, 0) is 72.0 Å². The van der Waals surface area contributed by atoms with Gasteiger partial charge in [0.15, 0.2) is 11.5 Å². The normalized spacial score (nSPS) is 10.4. The number of hydrogen-bond acceptors (Lipinski definition) is 3. The second kappa shape index (κ2) is 8.24. The first-order chi connectivity index (χ1) is 10.2. The van der Waals surface area contributed by atoms with Gasteiger partial charge in [-0.15, -0.1) is 0 Å². The van der Waals surface area contributed by atoms with Crippen molar-refractivity contribution >= 4 is 22.6 Å². The summed E-state index contributed by atoms with van der Waals surface area (Å²) in [5, 5.41) is 3.14. The second-order valence-corrected chi connectivity index (χ2v) is 5.91. The van der Waals surface area contributed by atoms with Gasteiger partial charge in [0.25, 0.3) is 0 Å². The molecule has 1 N–H and O–H groups in total. The number of ether oxygens (including phenoxy) is 2. The van der Waals surface area contributed by atoms with E-state index in [9.17, 15) is 0 Å². The summed E-state index contributed by atoms with van der Waals surface area (Å²) in [5.74, 6) is 1.59. The van der Waals surface area contributed by atoms with Crippen molar-refractivity contribution in [1.29, 1.82) is 0 Å². The molecule has 0 unspecified atom stereocenters. The molecule has 0 radical (unpaired) electrons. The Bertz CT molecular complexity index is 570. The highest BCUT2D eigenvalue weighted by molar-refractivity contribution is 14.1. The predicted molar refractivity (Wildman–Crippen MR) is 93.9 cm³/mol. The van der Waals surface area contributed by atoms with Crippen LogP contribution in [0.4, 0.5) is 0 Å². The van der Waals surface area contributed by atoms with Crippen LogP contribution in [0.5, 0.6) is 11.5 Å². The lowest BCUT2D eigenvalue weighted by molar-refractivity contribution is 0.269. The van der Waals surface area contributed by atoms with Crippen LogP contribution in [0.15, 0.2) is 42.5 Å². The largest absolute Gasteiger partial charge is 0.490 e. The van der Waals surface area contributed by atoms with Crippen molar-refractivity contribution in [2.24, 2.45) is 0 Å². The van der Waals surface area contributed by atoms with E-state index in [0.29, 0.717) is 13.2 Å². The van der Waals surface area contributed by atoms with Crippen LogP contribution in [-0.4, -0.2) is 13.7 Å². The average Bonchev–Trinajstić information content (AvgIpc) is 2.49. The van der Waals surface area contributed by atoms with E-state index < -0.39 is 0 Å². The Balaban J connectivity index is 2.09. The highest BCUT2D eigenvalue weighted by atomic mass is 127. The molecular formula is C17H20INO2. The highest BCUT2D eigenvalue weighted by Gasteiger charge is 2.07. The molecular weight excluding hydrogens is 377 g/mol. The van der Waals surface area contributed by atoms with Crippen LogP contribution >= 0.6 is 22.6 Å². The smallest absolute Gasteiger partial charge is 0.161 e. The molecule has 0 saturated carbocycles. The minimum atomic E-state index is 0.544. The van der Waals surface area contributed by atoms with Gasteiger partial charge in [-0.1, -0.05) is 18.2 Å². The fourth-order valence-corrected chi connectivity index (χ4v) is 2.36. The summed E-state index contributed by atoms with van der Waals surface area (Å²) in [6, 6.07) is 14.4. The van der Waals surface area contributed by atoms with Gasteiger partial charge in [-0.25, -0.2) is 0 Å². The molecule has 0 atom stereocenters. The summed E-state index contributed by atoms with van der Waals surface area (Å²) < 4.78 is 12.8. The fourth-order valence-electron chi connectivity index (χ4n) is 2.00. The maximum absolute atomic E-state index is 5.90. The molecule has 0 aliphatic carbocycles. The standard InChI is InChI=1S/C17H20INO2/c1-3-20-17-10-14(11-19-2)6-9-16(17)21-12-13-4-7-15(18)8-5-13/h4-10,19H,3,11-12H2,1-2H3. The third kappa shape index (κ3) is 4.89. The Labute approximate surface area is 139 Å². The molecule has 0 heterocycles. The lowest BCUT2D eigenvalue weighted by Gasteiger charge is -2.13. The number of halogens is 1. The van der Waals surface area contributed by atoms with E-state index in [-0.39, 0.29) is 0 Å². The van der Waals surface area contributed by atoms with Crippen LogP contribution in [0, 0.1) is 3.57 Å². The van der Waals surface area contributed by atoms with E-state index in [0.717, 1.165) is 23.6 Å². The van der Waals surface area contributed by atoms with Crippen molar-refractivity contribution < 1.29 is 9.47 Å². The summed E-state index contributed by atoms with van der Waals surface area (Å²) >= 11 is 2.30. The summed E-state index contributed by atoms with van der Waals surface area (Å²) in [7, 11) is 1.93. The zero-order chi connectivity index (χ0) is 15.1. The fraction of sp³-hybridized carbons (Fsp3) is 0.294. The topological polar surface area (TPSA) is 30.5 Å². The Morgan fingerprint density at radius 3 is 2.33 bits per heavy atom. The molecule has 2 rings (SSSR count). The number of benzene rings is 2. The zero-order valence-corrected chi connectivity index (χ0v) is 14.5. The first-order valence-electron chi connectivity index (χ1n) is 7.00. The Morgan fingerprint density at radius 2 is 1.67 bits per heavy atom. The molecule has 0 bridgehead atoms. The third-order valence-electron chi connectivity index (χ3n) is 3.00. The zero-order valence-electron chi connectivity index (χ0n) is 12.4. The van der Waals surface area contributed by atoms with Crippen molar-refractivity contribution in [3.05, 3.63) is 57.2 Å². The van der Waals surface area contributed by atoms with E-state index >= 15 is 0 Å². The number of nitrogens with one attached hydrogen (secondary N) is 1. The van der Waals surface area contributed by atoms with E-state index in [2.05, 4.69) is 58.2 Å². The van der Waals surface area contributed by atoms with Gasteiger partial charge < -0.3 is 14.8 Å². The summed E-state index contributed by atoms with van der Waals surface area (Å²) in [5.41, 5.74) is 2.33. The quantitative estimate of drug-likeness (QED) is 0.717. The Hall–Kier alpha value is -1.27. The predicted octanol–water partition coefficient (Wildman–Crippen LogP) is 3.99. The van der Waals surface area contributed by atoms with E-state index in [1.165, 1.54) is 9.13 Å². The molecule has 0 aliphatic heterocycles. The van der Waals surface area contributed by atoms with Gasteiger partial charge in [0.05, 0.1) is 6.61 Å². The van der Waals surface area contributed by atoms with Gasteiger partial charge in [0.2, 0.25) is 0 Å². The van der Waals surface area contributed by atoms with Crippen molar-refractivity contribution in [3.8, 4) is 11.5 Å². The molecule has 0 fully saturated rings. The van der Waals surface area contributed by atoms with Crippen molar-refractivity contribution in [2.45, 2.75) is 20.1 Å². The van der Waals surface area contributed by atoms with E-state index in [4.69, 9.17) is 9.47 Å². The summed E-state index contributed by atoms with van der Waals surface area (Å²) in [4.78, 5) is 0. The highest BCUT2D eigenvalue weighted by Crippen LogP contribution is 2.29. The summed E-state index contributed by atoms with van der Waals surface area (Å²) in [6.07, 6.45) is 0. The van der Waals surface area contributed by atoms with Gasteiger partial charge in [0, 0.05) is 10.1 Å². The van der Waals surface area contributed by atoms with Gasteiger partial charge >= 0.3 is 0 Å². The summed E-state index contributed by atoms with van der Waals surface area (Å²) in [6.45, 7) is 3.97. The Kier molecular flexibility index (Phi) is 6.32. The van der Waals surface area contributed by atoms with Gasteiger partial charge in [0.1, 0.15) is 6.61 Å². The van der Waals surface area contributed by atoms with E-state index in [1.807, 2.05) is 26.1 Å². The van der Waals surface area contributed by atoms with Crippen LogP contribution in [0.2, 0.25) is 0 Å². The molecule has 0 aliphatic rings. The van der Waals surface area contributed by atoms with Crippen LogP contribution in [0.1, 0.15) is 18.1 Å². The minimum Gasteiger partial charge on any atom is -0.490 e. The molecule has 112 valence electrons. The lowest BCUT2D eigenvalue weighted by Crippen LogP contribution is -2.06. The van der Waals surface area contributed by atoms with Crippen molar-refractivity contribution in [2.75, 3.05) is 13.7 Å². The molecule has 0 aromatic heterocycles. The van der Waals surface area contributed by atoms with Crippen molar-refractivity contribution in [1.82, 2.24) is 5.32 Å². The molecule has 2 aromatic carbocycles. The molecule has 0 saturated heterocycles. The first-order valence-corrected chi connectivity index (χ1v) is 8.08. The van der Waals surface area contributed by atoms with Crippen LogP contribution in [-0.2, 0) is 13.2 Å². The third-order valence-corrected chi connectivity index (χ3v) is 3.72. The van der Waals surface area contributed by atoms with Crippen molar-refractivity contribution in [3.63, 3.8) is 0 Å². The Morgan fingerprint density at radius 1 is 0.952 bits per heavy atom. The van der Waals surface area contributed by atoms with Gasteiger partial charge in [-0.2, -0.15) is 0 Å². The number of hydrogen-bond donors (Lipinski definition) is 1. The van der Waals surface area contributed by atoms with Crippen LogP contribution in [0.25, 0.3) is 0 Å². The van der Waals surface area contributed by atoms with Crippen LogP contribution in [0.3, 0.4) is 0 Å². The molecule has 4 heteroatoms. The van der Waals surface area contributed by atoms with Gasteiger partial charge in [-0.3, -0.25) is 0 Å². The second-order valence-electron chi connectivity index (χ2n) is 4.66. The average molecular weight is 397 g/mol. The molecule has 0 spiro atoms. The molecule has 21 heavy (non-hydrogen) atoms. The molecule has 3 nitrogen and oxygen atoms in total. The maximum atomic E-state index is 5.90. The monoisotopic (exact) mass is 397 g/mol. The van der Waals surface area contributed by atoms with Crippen LogP contribution < -0.4 is 14.8 Å². The number of rotatable bonds is 7. The van der Waals surface area contributed by atoms with E-state index in [1.54, 1.807) is 0 Å². The molecule has 2 aromatic rings. The first kappa shape index (κ1) is 16.1. The molecule has 0 amide bonds.